The summed E-state index contributed by atoms with van der Waals surface area (Å²) in [6.45, 7) is 1.95. The Hall–Kier alpha value is -2.20. The maximum absolute atomic E-state index is 5.38. The fraction of sp³-hybridized carbons (Fsp3) is 0.0588. The van der Waals surface area contributed by atoms with Crippen molar-refractivity contribution in [3.05, 3.63) is 58.7 Å². The monoisotopic (exact) mass is 338 g/mol. The zero-order chi connectivity index (χ0) is 14.4. The smallest absolute Gasteiger partial charge is 0.259 e. The molecule has 0 aliphatic carbocycles. The molecule has 102 valence electrons. The van der Waals surface area contributed by atoms with Crippen LogP contribution in [0.5, 0.6) is 0 Å². The first-order valence-corrected chi connectivity index (χ1v) is 7.44. The Labute approximate surface area is 129 Å². The van der Waals surface area contributed by atoms with E-state index in [-0.39, 0.29) is 0 Å². The van der Waals surface area contributed by atoms with Crippen molar-refractivity contribution >= 4 is 37.9 Å². The van der Waals surface area contributed by atoms with Gasteiger partial charge in [0.2, 0.25) is 0 Å². The molecule has 0 unspecified atom stereocenters. The van der Waals surface area contributed by atoms with Gasteiger partial charge < -0.3 is 4.52 Å². The van der Waals surface area contributed by atoms with Gasteiger partial charge in [-0.1, -0.05) is 51.4 Å². The summed E-state index contributed by atoms with van der Waals surface area (Å²) in [5.74, 6) is 0. The van der Waals surface area contributed by atoms with Gasteiger partial charge in [-0.25, -0.2) is 4.98 Å². The molecule has 0 amide bonds. The molecule has 0 fully saturated rings. The third-order valence-electron chi connectivity index (χ3n) is 3.61. The van der Waals surface area contributed by atoms with Crippen molar-refractivity contribution in [1.29, 1.82) is 0 Å². The number of hydrogen-bond acceptors (Lipinski definition) is 3. The lowest BCUT2D eigenvalue weighted by Gasteiger charge is -2.08. The van der Waals surface area contributed by atoms with Crippen LogP contribution < -0.4 is 0 Å². The van der Waals surface area contributed by atoms with E-state index in [1.165, 1.54) is 0 Å². The van der Waals surface area contributed by atoms with Crippen LogP contribution >= 0.6 is 15.9 Å². The van der Waals surface area contributed by atoms with Crippen LogP contribution in [0.25, 0.3) is 33.1 Å². The van der Waals surface area contributed by atoms with E-state index in [4.69, 9.17) is 4.52 Å². The van der Waals surface area contributed by atoms with E-state index < -0.39 is 0 Å². The average Bonchev–Trinajstić information content (AvgIpc) is 2.87. The van der Waals surface area contributed by atoms with Crippen molar-refractivity contribution in [3.63, 3.8) is 0 Å². The molecule has 0 spiro atoms. The van der Waals surface area contributed by atoms with Crippen LogP contribution in [0.15, 0.2) is 57.5 Å². The van der Waals surface area contributed by atoms with Gasteiger partial charge in [0.25, 0.3) is 5.71 Å². The van der Waals surface area contributed by atoms with E-state index in [1.54, 1.807) is 0 Å². The number of aryl methyl sites for hydroxylation is 1. The predicted molar refractivity (Wildman–Crippen MR) is 87.2 cm³/mol. The van der Waals surface area contributed by atoms with Crippen LogP contribution in [-0.2, 0) is 0 Å². The van der Waals surface area contributed by atoms with Gasteiger partial charge in [-0.15, -0.1) is 0 Å². The van der Waals surface area contributed by atoms with Gasteiger partial charge in [-0.05, 0) is 30.7 Å². The second-order valence-corrected chi connectivity index (χ2v) is 5.88. The predicted octanol–water partition coefficient (Wildman–Crippen LogP) is 5.11. The summed E-state index contributed by atoms with van der Waals surface area (Å²) in [5, 5.41) is 6.15. The molecule has 3 nitrogen and oxygen atoms in total. The van der Waals surface area contributed by atoms with E-state index in [0.717, 1.165) is 37.6 Å². The summed E-state index contributed by atoms with van der Waals surface area (Å²) in [5.41, 5.74) is 4.61. The molecule has 21 heavy (non-hydrogen) atoms. The molecule has 0 bridgehead atoms. The second-order valence-electron chi connectivity index (χ2n) is 4.96. The first-order chi connectivity index (χ1) is 10.2. The third-order valence-corrected chi connectivity index (χ3v) is 4.10. The minimum absolute atomic E-state index is 0.584. The molecule has 2 aromatic carbocycles. The maximum atomic E-state index is 5.38. The highest BCUT2D eigenvalue weighted by molar-refractivity contribution is 9.10. The number of aromatic nitrogens is 2. The van der Waals surface area contributed by atoms with Crippen molar-refractivity contribution in [1.82, 2.24) is 10.1 Å². The fourth-order valence-electron chi connectivity index (χ4n) is 2.68. The van der Waals surface area contributed by atoms with Crippen molar-refractivity contribution in [3.8, 4) is 11.1 Å². The summed E-state index contributed by atoms with van der Waals surface area (Å²) >= 11 is 3.55. The molecule has 4 rings (SSSR count). The Morgan fingerprint density at radius 1 is 1.05 bits per heavy atom. The molecule has 0 aliphatic heterocycles. The quantitative estimate of drug-likeness (QED) is 0.483. The van der Waals surface area contributed by atoms with Crippen molar-refractivity contribution in [2.45, 2.75) is 6.92 Å². The van der Waals surface area contributed by atoms with Gasteiger partial charge in [0.1, 0.15) is 0 Å². The molecule has 0 atom stereocenters. The molecule has 0 saturated carbocycles. The van der Waals surface area contributed by atoms with Crippen molar-refractivity contribution in [2.24, 2.45) is 0 Å². The SMILES string of the molecule is Cc1noc2nc3ccc(Br)cc3c(-c3ccccc3)c12. The van der Waals surface area contributed by atoms with Gasteiger partial charge in [0.15, 0.2) is 0 Å². The Balaban J connectivity index is 2.26. The Bertz CT molecular complexity index is 961. The number of halogens is 1. The zero-order valence-corrected chi connectivity index (χ0v) is 12.9. The zero-order valence-electron chi connectivity index (χ0n) is 11.3. The number of benzene rings is 2. The Morgan fingerprint density at radius 2 is 1.86 bits per heavy atom. The van der Waals surface area contributed by atoms with Gasteiger partial charge in [-0.3, -0.25) is 0 Å². The van der Waals surface area contributed by atoms with Crippen LogP contribution in [0.1, 0.15) is 5.69 Å². The lowest BCUT2D eigenvalue weighted by molar-refractivity contribution is 0.443. The van der Waals surface area contributed by atoms with E-state index in [1.807, 2.05) is 37.3 Å². The Kier molecular flexibility index (Phi) is 2.79. The molecular weight excluding hydrogens is 328 g/mol. The minimum Gasteiger partial charge on any atom is -0.336 e. The van der Waals surface area contributed by atoms with E-state index in [0.29, 0.717) is 5.71 Å². The molecule has 0 saturated heterocycles. The summed E-state index contributed by atoms with van der Waals surface area (Å²) in [6.07, 6.45) is 0. The molecule has 0 aliphatic rings. The number of fused-ring (bicyclic) bond motifs is 2. The first kappa shape index (κ1) is 12.5. The first-order valence-electron chi connectivity index (χ1n) is 6.65. The summed E-state index contributed by atoms with van der Waals surface area (Å²) in [6, 6.07) is 16.4. The number of pyridine rings is 1. The van der Waals surface area contributed by atoms with Gasteiger partial charge in [0.05, 0.1) is 16.6 Å². The van der Waals surface area contributed by atoms with Gasteiger partial charge in [0, 0.05) is 15.4 Å². The summed E-state index contributed by atoms with van der Waals surface area (Å²) < 4.78 is 6.41. The molecule has 2 heterocycles. The molecule has 2 aromatic heterocycles. The van der Waals surface area contributed by atoms with Crippen molar-refractivity contribution < 1.29 is 4.52 Å². The van der Waals surface area contributed by atoms with Crippen LogP contribution in [-0.4, -0.2) is 10.1 Å². The van der Waals surface area contributed by atoms with Crippen LogP contribution in [0, 0.1) is 6.92 Å². The highest BCUT2D eigenvalue weighted by Gasteiger charge is 2.16. The topological polar surface area (TPSA) is 38.9 Å². The normalized spacial score (nSPS) is 11.3. The van der Waals surface area contributed by atoms with Crippen molar-refractivity contribution in [2.75, 3.05) is 0 Å². The van der Waals surface area contributed by atoms with E-state index >= 15 is 0 Å². The number of hydrogen-bond donors (Lipinski definition) is 0. The van der Waals surface area contributed by atoms with Crippen LogP contribution in [0.4, 0.5) is 0 Å². The van der Waals surface area contributed by atoms with E-state index in [2.05, 4.69) is 44.3 Å². The lowest BCUT2D eigenvalue weighted by atomic mass is 9.97. The molecular formula is C17H11BrN2O. The highest BCUT2D eigenvalue weighted by Crippen LogP contribution is 2.37. The second kappa shape index (κ2) is 4.67. The van der Waals surface area contributed by atoms with Gasteiger partial charge >= 0.3 is 0 Å². The molecule has 4 aromatic rings. The fourth-order valence-corrected chi connectivity index (χ4v) is 3.04. The summed E-state index contributed by atoms with van der Waals surface area (Å²) in [7, 11) is 0. The largest absolute Gasteiger partial charge is 0.336 e. The van der Waals surface area contributed by atoms with Gasteiger partial charge in [-0.2, -0.15) is 0 Å². The van der Waals surface area contributed by atoms with Crippen LogP contribution in [0.2, 0.25) is 0 Å². The van der Waals surface area contributed by atoms with Crippen LogP contribution in [0.3, 0.4) is 0 Å². The standard InChI is InChI=1S/C17H11BrN2O/c1-10-15-16(11-5-3-2-4-6-11)13-9-12(18)7-8-14(13)19-17(15)21-20-10/h2-9H,1H3. The minimum atomic E-state index is 0.584. The highest BCUT2D eigenvalue weighted by atomic mass is 79.9. The molecule has 4 heteroatoms. The molecule has 0 radical (unpaired) electrons. The number of nitrogens with zero attached hydrogens (tertiary/aromatic N) is 2. The average molecular weight is 339 g/mol. The van der Waals surface area contributed by atoms with E-state index in [9.17, 15) is 0 Å². The lowest BCUT2D eigenvalue weighted by Crippen LogP contribution is -1.88. The Morgan fingerprint density at radius 3 is 2.67 bits per heavy atom. The summed E-state index contributed by atoms with van der Waals surface area (Å²) in [4.78, 5) is 4.58. The molecule has 0 N–H and O–H groups in total. The number of rotatable bonds is 1. The third kappa shape index (κ3) is 1.94. The maximum Gasteiger partial charge on any atom is 0.259 e.